The second-order valence-electron chi connectivity index (χ2n) is 6.99. The van der Waals surface area contributed by atoms with Crippen LogP contribution in [0.15, 0.2) is 11.3 Å². The Labute approximate surface area is 119 Å². The third-order valence-corrected chi connectivity index (χ3v) is 6.47. The summed E-state index contributed by atoms with van der Waals surface area (Å²) < 4.78 is 18.0. The van der Waals surface area contributed by atoms with Crippen LogP contribution in [-0.2, 0) is 8.99 Å². The molecule has 0 saturated heterocycles. The van der Waals surface area contributed by atoms with E-state index in [4.69, 9.17) is 4.43 Å². The molecule has 2 unspecified atom stereocenters. The standard InChI is InChI=1S/C14H29O3PSi/c1-7-18(15,16)10-11-8-12(14(2,3)4)9-13(11)17-19(5)6/h12,19H,7-10H2,1-6H3,(H,15,16). The van der Waals surface area contributed by atoms with Gasteiger partial charge in [0.1, 0.15) is 0 Å². The fourth-order valence-corrected chi connectivity index (χ4v) is 4.40. The molecule has 0 aliphatic heterocycles. The van der Waals surface area contributed by atoms with Crippen molar-refractivity contribution in [3.63, 3.8) is 0 Å². The zero-order chi connectivity index (χ0) is 14.8. The minimum atomic E-state index is -3.00. The molecule has 1 aliphatic carbocycles. The topological polar surface area (TPSA) is 46.5 Å². The Balaban J connectivity index is 2.89. The molecule has 0 radical (unpaired) electrons. The van der Waals surface area contributed by atoms with Gasteiger partial charge in [-0.25, -0.2) is 0 Å². The maximum Gasteiger partial charge on any atom is 0.229 e. The molecular weight excluding hydrogens is 275 g/mol. The SMILES string of the molecule is CCP(=O)(O)CC1=C(O[SiH](C)C)CC(C(C)(C)C)C1. The molecule has 0 heterocycles. The predicted octanol–water partition coefficient (Wildman–Crippen LogP) is 3.99. The molecule has 1 aliphatic rings. The van der Waals surface area contributed by atoms with Crippen molar-refractivity contribution < 1.29 is 13.9 Å². The van der Waals surface area contributed by atoms with Gasteiger partial charge in [0.15, 0.2) is 0 Å². The molecule has 1 N–H and O–H groups in total. The summed E-state index contributed by atoms with van der Waals surface area (Å²) in [7, 11) is -4.15. The van der Waals surface area contributed by atoms with E-state index in [-0.39, 0.29) is 5.41 Å². The molecule has 0 saturated carbocycles. The fraction of sp³-hybridized carbons (Fsp3) is 0.857. The summed E-state index contributed by atoms with van der Waals surface area (Å²) in [5, 5.41) is 0. The Morgan fingerprint density at radius 3 is 2.37 bits per heavy atom. The van der Waals surface area contributed by atoms with Crippen molar-refractivity contribution >= 4 is 16.4 Å². The van der Waals surface area contributed by atoms with Crippen LogP contribution in [0, 0.1) is 11.3 Å². The van der Waals surface area contributed by atoms with E-state index in [9.17, 15) is 9.46 Å². The van der Waals surface area contributed by atoms with Gasteiger partial charge in [-0.3, -0.25) is 4.57 Å². The predicted molar refractivity (Wildman–Crippen MR) is 84.4 cm³/mol. The lowest BCUT2D eigenvalue weighted by Crippen LogP contribution is -2.18. The van der Waals surface area contributed by atoms with Crippen LogP contribution in [0.3, 0.4) is 0 Å². The van der Waals surface area contributed by atoms with E-state index in [0.717, 1.165) is 24.2 Å². The van der Waals surface area contributed by atoms with Gasteiger partial charge in [0.05, 0.1) is 5.76 Å². The summed E-state index contributed by atoms with van der Waals surface area (Å²) >= 11 is 0. The highest BCUT2D eigenvalue weighted by molar-refractivity contribution is 7.58. The highest BCUT2D eigenvalue weighted by Gasteiger charge is 2.35. The lowest BCUT2D eigenvalue weighted by molar-refractivity contribution is 0.237. The first kappa shape index (κ1) is 17.0. The van der Waals surface area contributed by atoms with Crippen LogP contribution >= 0.6 is 7.37 Å². The second-order valence-corrected chi connectivity index (χ2v) is 12.0. The number of rotatable bonds is 5. The molecule has 112 valence electrons. The fourth-order valence-electron chi connectivity index (χ4n) is 2.44. The lowest BCUT2D eigenvalue weighted by atomic mass is 9.79. The van der Waals surface area contributed by atoms with Crippen LogP contribution in [0.5, 0.6) is 0 Å². The molecule has 0 aromatic heterocycles. The van der Waals surface area contributed by atoms with E-state index in [1.54, 1.807) is 6.92 Å². The first-order chi connectivity index (χ1) is 8.55. The van der Waals surface area contributed by atoms with Crippen LogP contribution in [0.2, 0.25) is 13.1 Å². The van der Waals surface area contributed by atoms with Gasteiger partial charge in [-0.15, -0.1) is 0 Å². The molecule has 3 nitrogen and oxygen atoms in total. The van der Waals surface area contributed by atoms with Gasteiger partial charge in [-0.1, -0.05) is 27.7 Å². The molecule has 0 amide bonds. The lowest BCUT2D eigenvalue weighted by Gasteiger charge is -2.27. The van der Waals surface area contributed by atoms with E-state index in [2.05, 4.69) is 33.9 Å². The summed E-state index contributed by atoms with van der Waals surface area (Å²) in [5.74, 6) is 1.56. The molecule has 0 aromatic rings. The van der Waals surface area contributed by atoms with Crippen LogP contribution in [-0.4, -0.2) is 26.3 Å². The van der Waals surface area contributed by atoms with E-state index in [1.165, 1.54) is 0 Å². The summed E-state index contributed by atoms with van der Waals surface area (Å²) in [5.41, 5.74) is 1.33. The number of hydrogen-bond donors (Lipinski definition) is 1. The third-order valence-electron chi connectivity index (χ3n) is 3.85. The molecule has 0 aromatic carbocycles. The molecule has 1 rings (SSSR count). The maximum absolute atomic E-state index is 12.0. The monoisotopic (exact) mass is 304 g/mol. The van der Waals surface area contributed by atoms with Gasteiger partial charge in [0, 0.05) is 18.7 Å². The van der Waals surface area contributed by atoms with Crippen molar-refractivity contribution in [2.75, 3.05) is 12.3 Å². The van der Waals surface area contributed by atoms with Crippen LogP contribution < -0.4 is 0 Å². The molecular formula is C14H29O3PSi. The summed E-state index contributed by atoms with van der Waals surface area (Å²) in [4.78, 5) is 9.90. The summed E-state index contributed by atoms with van der Waals surface area (Å²) in [6, 6.07) is 0. The summed E-state index contributed by atoms with van der Waals surface area (Å²) in [6.45, 7) is 12.8. The Morgan fingerprint density at radius 1 is 1.37 bits per heavy atom. The maximum atomic E-state index is 12.0. The van der Waals surface area contributed by atoms with Gasteiger partial charge < -0.3 is 9.32 Å². The molecule has 0 bridgehead atoms. The molecule has 0 spiro atoms. The van der Waals surface area contributed by atoms with Crippen molar-refractivity contribution in [1.29, 1.82) is 0 Å². The zero-order valence-electron chi connectivity index (χ0n) is 13.2. The highest BCUT2D eigenvalue weighted by Crippen LogP contribution is 2.49. The summed E-state index contributed by atoms with van der Waals surface area (Å²) in [6.07, 6.45) is 2.54. The van der Waals surface area contributed by atoms with Gasteiger partial charge in [0.2, 0.25) is 16.4 Å². The van der Waals surface area contributed by atoms with Gasteiger partial charge in [-0.05, 0) is 36.4 Å². The van der Waals surface area contributed by atoms with E-state index in [1.807, 2.05) is 0 Å². The minimum Gasteiger partial charge on any atom is -0.550 e. The zero-order valence-corrected chi connectivity index (χ0v) is 15.2. The van der Waals surface area contributed by atoms with Crippen molar-refractivity contribution in [3.8, 4) is 0 Å². The third kappa shape index (κ3) is 5.09. The van der Waals surface area contributed by atoms with E-state index >= 15 is 0 Å². The molecule has 5 heteroatoms. The first-order valence-corrected chi connectivity index (χ1v) is 12.0. The smallest absolute Gasteiger partial charge is 0.229 e. The van der Waals surface area contributed by atoms with Crippen molar-refractivity contribution in [1.82, 2.24) is 0 Å². The highest BCUT2D eigenvalue weighted by atomic mass is 31.2. The van der Waals surface area contributed by atoms with Crippen LogP contribution in [0.4, 0.5) is 0 Å². The van der Waals surface area contributed by atoms with Crippen LogP contribution in [0.25, 0.3) is 0 Å². The molecule has 0 fully saturated rings. The quantitative estimate of drug-likeness (QED) is 0.617. The van der Waals surface area contributed by atoms with E-state index < -0.39 is 16.4 Å². The van der Waals surface area contributed by atoms with Crippen molar-refractivity contribution in [3.05, 3.63) is 11.3 Å². The number of allylic oxidation sites excluding steroid dienone is 2. The average molecular weight is 304 g/mol. The Hall–Kier alpha value is -0.0531. The number of hydrogen-bond acceptors (Lipinski definition) is 2. The van der Waals surface area contributed by atoms with Crippen LogP contribution in [0.1, 0.15) is 40.5 Å². The second kappa shape index (κ2) is 6.15. The van der Waals surface area contributed by atoms with Gasteiger partial charge >= 0.3 is 0 Å². The largest absolute Gasteiger partial charge is 0.550 e. The van der Waals surface area contributed by atoms with E-state index in [0.29, 0.717) is 18.2 Å². The van der Waals surface area contributed by atoms with Gasteiger partial charge in [0.25, 0.3) is 0 Å². The normalized spacial score (nSPS) is 23.9. The Morgan fingerprint density at radius 2 is 1.95 bits per heavy atom. The molecule has 2 atom stereocenters. The Kier molecular flexibility index (Phi) is 5.50. The van der Waals surface area contributed by atoms with Crippen molar-refractivity contribution in [2.24, 2.45) is 11.3 Å². The Bertz CT molecular complexity index is 396. The average Bonchev–Trinajstić information content (AvgIpc) is 2.59. The molecule has 19 heavy (non-hydrogen) atoms. The van der Waals surface area contributed by atoms with Crippen molar-refractivity contribution in [2.45, 2.75) is 53.6 Å². The first-order valence-electron chi connectivity index (χ1n) is 7.23. The minimum absolute atomic E-state index is 0.223. The van der Waals surface area contributed by atoms with Gasteiger partial charge in [-0.2, -0.15) is 0 Å².